The van der Waals surface area contributed by atoms with E-state index in [1.165, 1.54) is 25.8 Å². The Labute approximate surface area is 106 Å². The molecular weight excluding hydrogens is 212 g/mol. The summed E-state index contributed by atoms with van der Waals surface area (Å²) >= 11 is 0. The van der Waals surface area contributed by atoms with Crippen molar-refractivity contribution >= 4 is 0 Å². The first-order valence-electron chi connectivity index (χ1n) is 7.13. The van der Waals surface area contributed by atoms with Crippen LogP contribution in [0, 0.1) is 0 Å². The highest BCUT2D eigenvalue weighted by molar-refractivity contribution is 4.88. The van der Waals surface area contributed by atoms with Crippen molar-refractivity contribution in [3.8, 4) is 0 Å². The first kappa shape index (κ1) is 13.3. The standard InChI is InChI=1S/C14H28N2O/c1-11(2)16-8-6-5-7-12(16)9-13-15-14(3,4)10-17-13/h11-13,15H,5-10H2,1-4H3. The highest BCUT2D eigenvalue weighted by atomic mass is 16.5. The van der Waals surface area contributed by atoms with E-state index in [1.54, 1.807) is 0 Å². The quantitative estimate of drug-likeness (QED) is 0.819. The minimum absolute atomic E-state index is 0.155. The molecule has 0 saturated carbocycles. The smallest absolute Gasteiger partial charge is 0.110 e. The Balaban J connectivity index is 1.88. The molecule has 2 unspecified atom stereocenters. The summed E-state index contributed by atoms with van der Waals surface area (Å²) in [5.41, 5.74) is 0.155. The molecule has 0 aliphatic carbocycles. The summed E-state index contributed by atoms with van der Waals surface area (Å²) in [6.45, 7) is 11.2. The number of hydrogen-bond acceptors (Lipinski definition) is 3. The Bertz CT molecular complexity index is 253. The zero-order valence-electron chi connectivity index (χ0n) is 11.8. The van der Waals surface area contributed by atoms with Gasteiger partial charge < -0.3 is 4.74 Å². The van der Waals surface area contributed by atoms with Crippen LogP contribution in [0.4, 0.5) is 0 Å². The summed E-state index contributed by atoms with van der Waals surface area (Å²) in [6, 6.07) is 1.37. The van der Waals surface area contributed by atoms with Gasteiger partial charge >= 0.3 is 0 Å². The Hall–Kier alpha value is -0.120. The maximum atomic E-state index is 5.86. The largest absolute Gasteiger partial charge is 0.361 e. The molecule has 2 fully saturated rings. The minimum atomic E-state index is 0.155. The van der Waals surface area contributed by atoms with E-state index in [0.717, 1.165) is 13.0 Å². The number of hydrogen-bond donors (Lipinski definition) is 1. The fraction of sp³-hybridized carbons (Fsp3) is 1.00. The fourth-order valence-corrected chi connectivity index (χ4v) is 3.16. The average molecular weight is 240 g/mol. The van der Waals surface area contributed by atoms with Gasteiger partial charge in [0.15, 0.2) is 0 Å². The summed E-state index contributed by atoms with van der Waals surface area (Å²) in [5.74, 6) is 0. The van der Waals surface area contributed by atoms with E-state index in [2.05, 4.69) is 37.9 Å². The summed E-state index contributed by atoms with van der Waals surface area (Å²) < 4.78 is 5.86. The number of nitrogens with zero attached hydrogens (tertiary/aromatic N) is 1. The summed E-state index contributed by atoms with van der Waals surface area (Å²) in [5, 5.41) is 3.59. The lowest BCUT2D eigenvalue weighted by molar-refractivity contribution is 0.0349. The van der Waals surface area contributed by atoms with Crippen molar-refractivity contribution < 1.29 is 4.74 Å². The minimum Gasteiger partial charge on any atom is -0.361 e. The number of ether oxygens (including phenoxy) is 1. The Morgan fingerprint density at radius 1 is 1.35 bits per heavy atom. The molecule has 3 nitrogen and oxygen atoms in total. The Kier molecular flexibility index (Phi) is 4.11. The second-order valence-electron chi connectivity index (χ2n) is 6.54. The second-order valence-corrected chi connectivity index (χ2v) is 6.54. The first-order chi connectivity index (χ1) is 7.98. The van der Waals surface area contributed by atoms with E-state index in [1.807, 2.05) is 0 Å². The lowest BCUT2D eigenvalue weighted by Crippen LogP contribution is -2.48. The van der Waals surface area contributed by atoms with Crippen LogP contribution in [-0.2, 0) is 4.74 Å². The predicted octanol–water partition coefficient (Wildman–Crippen LogP) is 2.36. The molecule has 0 aromatic carbocycles. The molecule has 0 radical (unpaired) electrons. The molecule has 2 aliphatic rings. The number of piperidine rings is 1. The van der Waals surface area contributed by atoms with Crippen LogP contribution in [0.5, 0.6) is 0 Å². The molecule has 3 heteroatoms. The van der Waals surface area contributed by atoms with E-state index in [0.29, 0.717) is 12.1 Å². The third kappa shape index (κ3) is 3.43. The zero-order valence-corrected chi connectivity index (χ0v) is 11.8. The van der Waals surface area contributed by atoms with Crippen molar-refractivity contribution in [3.05, 3.63) is 0 Å². The maximum absolute atomic E-state index is 5.86. The summed E-state index contributed by atoms with van der Waals surface area (Å²) in [6.07, 6.45) is 5.47. The van der Waals surface area contributed by atoms with Gasteiger partial charge in [0.1, 0.15) is 6.23 Å². The van der Waals surface area contributed by atoms with Crippen LogP contribution in [-0.4, -0.2) is 41.9 Å². The van der Waals surface area contributed by atoms with Crippen molar-refractivity contribution in [2.75, 3.05) is 13.2 Å². The Morgan fingerprint density at radius 2 is 2.12 bits per heavy atom. The molecular formula is C14H28N2O. The van der Waals surface area contributed by atoms with Gasteiger partial charge in [-0.25, -0.2) is 0 Å². The first-order valence-corrected chi connectivity index (χ1v) is 7.13. The van der Waals surface area contributed by atoms with E-state index in [-0.39, 0.29) is 11.8 Å². The second kappa shape index (κ2) is 5.25. The van der Waals surface area contributed by atoms with Gasteiger partial charge in [-0.2, -0.15) is 0 Å². The van der Waals surface area contributed by atoms with Gasteiger partial charge in [-0.05, 0) is 47.1 Å². The van der Waals surface area contributed by atoms with Crippen LogP contribution in [0.3, 0.4) is 0 Å². The molecule has 0 aromatic rings. The normalized spacial score (nSPS) is 34.4. The van der Waals surface area contributed by atoms with Crippen LogP contribution in [0.2, 0.25) is 0 Å². The molecule has 0 aromatic heterocycles. The number of rotatable bonds is 3. The molecule has 2 heterocycles. The lowest BCUT2D eigenvalue weighted by Gasteiger charge is -2.39. The van der Waals surface area contributed by atoms with Gasteiger partial charge in [-0.3, -0.25) is 10.2 Å². The maximum Gasteiger partial charge on any atom is 0.110 e. The number of likely N-dealkylation sites (tertiary alicyclic amines) is 1. The van der Waals surface area contributed by atoms with Crippen molar-refractivity contribution in [2.45, 2.75) is 77.2 Å². The summed E-state index contributed by atoms with van der Waals surface area (Å²) in [7, 11) is 0. The molecule has 1 N–H and O–H groups in total. The van der Waals surface area contributed by atoms with Crippen molar-refractivity contribution in [1.29, 1.82) is 0 Å². The average Bonchev–Trinajstić information content (AvgIpc) is 2.58. The molecule has 0 spiro atoms. The van der Waals surface area contributed by atoms with Gasteiger partial charge in [0.2, 0.25) is 0 Å². The lowest BCUT2D eigenvalue weighted by atomic mass is 9.97. The molecule has 17 heavy (non-hydrogen) atoms. The topological polar surface area (TPSA) is 24.5 Å². The molecule has 100 valence electrons. The van der Waals surface area contributed by atoms with Gasteiger partial charge in [0.25, 0.3) is 0 Å². The monoisotopic (exact) mass is 240 g/mol. The highest BCUT2D eigenvalue weighted by Gasteiger charge is 2.34. The third-order valence-electron chi connectivity index (χ3n) is 4.02. The molecule has 2 saturated heterocycles. The van der Waals surface area contributed by atoms with E-state index in [4.69, 9.17) is 4.74 Å². The van der Waals surface area contributed by atoms with Crippen molar-refractivity contribution in [3.63, 3.8) is 0 Å². The van der Waals surface area contributed by atoms with Crippen LogP contribution >= 0.6 is 0 Å². The van der Waals surface area contributed by atoms with E-state index < -0.39 is 0 Å². The van der Waals surface area contributed by atoms with Gasteiger partial charge in [0, 0.05) is 24.0 Å². The van der Waals surface area contributed by atoms with E-state index >= 15 is 0 Å². The highest BCUT2D eigenvalue weighted by Crippen LogP contribution is 2.26. The molecule has 2 aliphatic heterocycles. The van der Waals surface area contributed by atoms with Gasteiger partial charge in [-0.1, -0.05) is 6.42 Å². The van der Waals surface area contributed by atoms with E-state index in [9.17, 15) is 0 Å². The molecule has 0 amide bonds. The fourth-order valence-electron chi connectivity index (χ4n) is 3.16. The molecule has 2 rings (SSSR count). The SMILES string of the molecule is CC(C)N1CCCCC1CC1NC(C)(C)CO1. The van der Waals surface area contributed by atoms with Crippen LogP contribution in [0.1, 0.15) is 53.4 Å². The van der Waals surface area contributed by atoms with Crippen LogP contribution in [0.15, 0.2) is 0 Å². The van der Waals surface area contributed by atoms with Crippen LogP contribution < -0.4 is 5.32 Å². The van der Waals surface area contributed by atoms with Crippen molar-refractivity contribution in [2.24, 2.45) is 0 Å². The predicted molar refractivity (Wildman–Crippen MR) is 71.1 cm³/mol. The van der Waals surface area contributed by atoms with Gasteiger partial charge in [0.05, 0.1) is 6.61 Å². The zero-order chi connectivity index (χ0) is 12.5. The number of nitrogens with one attached hydrogen (secondary N) is 1. The van der Waals surface area contributed by atoms with Crippen molar-refractivity contribution in [1.82, 2.24) is 10.2 Å². The molecule has 0 bridgehead atoms. The summed E-state index contributed by atoms with van der Waals surface area (Å²) in [4.78, 5) is 2.65. The van der Waals surface area contributed by atoms with Crippen LogP contribution in [0.25, 0.3) is 0 Å². The third-order valence-corrected chi connectivity index (χ3v) is 4.02. The molecule has 2 atom stereocenters. The van der Waals surface area contributed by atoms with Gasteiger partial charge in [-0.15, -0.1) is 0 Å². The Morgan fingerprint density at radius 3 is 2.71 bits per heavy atom.